The van der Waals surface area contributed by atoms with Crippen LogP contribution in [0.5, 0.6) is 0 Å². The first kappa shape index (κ1) is 39.0. The van der Waals surface area contributed by atoms with Crippen LogP contribution >= 0.6 is 11.3 Å². The van der Waals surface area contributed by atoms with Crippen LogP contribution in [0.1, 0.15) is 96.8 Å². The number of unbranched alkanes of at least 4 members (excludes halogenated alkanes) is 13. The average molecular weight is 737 g/mol. The van der Waals surface area contributed by atoms with Crippen LogP contribution in [0.4, 0.5) is 8.78 Å². The highest BCUT2D eigenvalue weighted by molar-refractivity contribution is 7.91. The Morgan fingerprint density at radius 1 is 0.702 bits per heavy atom. The molecule has 264 valence electrons. The van der Waals surface area contributed by atoms with E-state index in [-0.39, 0.29) is 20.1 Å². The topological polar surface area (TPSA) is 144 Å². The second kappa shape index (κ2) is 18.4. The highest BCUT2D eigenvalue weighted by atomic mass is 32.2. The highest BCUT2D eigenvalue weighted by Crippen LogP contribution is 2.24. The highest BCUT2D eigenvalue weighted by Gasteiger charge is 2.27. The molecule has 2 N–H and O–H groups in total. The Bertz CT molecular complexity index is 1820. The van der Waals surface area contributed by atoms with Crippen LogP contribution in [0.3, 0.4) is 0 Å². The molecule has 0 aliphatic carbocycles. The number of thiazole rings is 1. The van der Waals surface area contributed by atoms with Crippen molar-refractivity contribution in [2.45, 2.75) is 117 Å². The first-order chi connectivity index (χ1) is 22.3. The molecule has 3 rings (SSSR count). The summed E-state index contributed by atoms with van der Waals surface area (Å²) in [5.74, 6) is -3.58. The van der Waals surface area contributed by atoms with Gasteiger partial charge in [-0.3, -0.25) is 0 Å². The van der Waals surface area contributed by atoms with Gasteiger partial charge in [-0.05, 0) is 48.9 Å². The summed E-state index contributed by atoms with van der Waals surface area (Å²) in [4.78, 5) is 1.36. The Morgan fingerprint density at radius 3 is 1.68 bits per heavy atom. The molecule has 0 aliphatic heterocycles. The third-order valence-electron chi connectivity index (χ3n) is 7.87. The molecule has 0 atom stereocenters. The molecular weight excluding hydrogens is 691 g/mol. The van der Waals surface area contributed by atoms with E-state index in [1.54, 1.807) is 0 Å². The number of sulfone groups is 1. The SMILES string of the molecule is CCCCCCCCCCCCCCCCNS(=O)(=O)c1ccc(S(=O)(=O)N/N=c2/sc3ccc(S(=O)(=O)C(F)F)cc3n2C)cc1. The van der Waals surface area contributed by atoms with E-state index in [0.29, 0.717) is 17.7 Å². The van der Waals surface area contributed by atoms with Gasteiger partial charge in [-0.1, -0.05) is 102 Å². The Hall–Kier alpha value is -2.40. The number of halogens is 2. The van der Waals surface area contributed by atoms with E-state index in [4.69, 9.17) is 0 Å². The molecule has 10 nitrogen and oxygen atoms in total. The predicted molar refractivity (Wildman–Crippen MR) is 182 cm³/mol. The number of hydrogen-bond acceptors (Lipinski definition) is 8. The number of nitrogens with zero attached hydrogens (tertiary/aromatic N) is 2. The van der Waals surface area contributed by atoms with Crippen molar-refractivity contribution in [1.82, 2.24) is 14.1 Å². The normalized spacial score (nSPS) is 13.2. The minimum Gasteiger partial charge on any atom is -0.318 e. The number of aromatic nitrogens is 1. The van der Waals surface area contributed by atoms with E-state index in [9.17, 15) is 34.0 Å². The molecule has 1 heterocycles. The summed E-state index contributed by atoms with van der Waals surface area (Å²) in [5.41, 5.74) is 0.269. The Labute approximate surface area is 281 Å². The van der Waals surface area contributed by atoms with Gasteiger partial charge in [0.15, 0.2) is 0 Å². The zero-order valence-corrected chi connectivity index (χ0v) is 30.2. The van der Waals surface area contributed by atoms with E-state index in [0.717, 1.165) is 54.9 Å². The molecule has 3 aromatic rings. The number of aryl methyl sites for hydroxylation is 1. The second-order valence-electron chi connectivity index (χ2n) is 11.6. The first-order valence-corrected chi connectivity index (χ1v) is 21.4. The van der Waals surface area contributed by atoms with Crippen LogP contribution in [0.25, 0.3) is 10.2 Å². The number of rotatable bonds is 22. The minimum absolute atomic E-state index is 0.0655. The van der Waals surface area contributed by atoms with Gasteiger partial charge in [0.2, 0.25) is 24.7 Å². The van der Waals surface area contributed by atoms with Gasteiger partial charge in [0, 0.05) is 13.6 Å². The lowest BCUT2D eigenvalue weighted by molar-refractivity contribution is 0.235. The van der Waals surface area contributed by atoms with Gasteiger partial charge in [0.1, 0.15) is 0 Å². The Kier molecular flexibility index (Phi) is 15.3. The molecule has 0 radical (unpaired) electrons. The fourth-order valence-corrected chi connectivity index (χ4v) is 8.69. The van der Waals surface area contributed by atoms with E-state index in [1.165, 1.54) is 94.0 Å². The van der Waals surface area contributed by atoms with Crippen LogP contribution in [-0.4, -0.2) is 42.1 Å². The molecule has 0 bridgehead atoms. The van der Waals surface area contributed by atoms with Crippen molar-refractivity contribution < 1.29 is 34.0 Å². The third-order valence-corrected chi connectivity index (χ3v) is 13.1. The fourth-order valence-electron chi connectivity index (χ4n) is 5.05. The first-order valence-electron chi connectivity index (χ1n) is 16.1. The molecule has 0 spiro atoms. The van der Waals surface area contributed by atoms with Gasteiger partial charge < -0.3 is 4.57 Å². The molecule has 0 unspecified atom stereocenters. The monoisotopic (exact) mass is 736 g/mol. The summed E-state index contributed by atoms with van der Waals surface area (Å²) in [6.07, 6.45) is 16.9. The number of alkyl halides is 2. The summed E-state index contributed by atoms with van der Waals surface area (Å²) < 4.78 is 105. The average Bonchev–Trinajstić information content (AvgIpc) is 3.36. The van der Waals surface area contributed by atoms with Crippen molar-refractivity contribution in [3.05, 3.63) is 47.3 Å². The summed E-state index contributed by atoms with van der Waals surface area (Å²) in [6.45, 7) is 2.53. The van der Waals surface area contributed by atoms with Crippen molar-refractivity contribution in [2.75, 3.05) is 6.54 Å². The molecule has 1 aromatic heterocycles. The number of benzene rings is 2. The quantitative estimate of drug-likeness (QED) is 0.0859. The van der Waals surface area contributed by atoms with E-state index < -0.39 is 40.5 Å². The van der Waals surface area contributed by atoms with Crippen LogP contribution in [-0.2, 0) is 36.9 Å². The van der Waals surface area contributed by atoms with Crippen molar-refractivity contribution in [3.8, 4) is 0 Å². The molecular formula is C31H46F2N4O6S4. The van der Waals surface area contributed by atoms with Gasteiger partial charge in [0.25, 0.3) is 10.0 Å². The van der Waals surface area contributed by atoms with Crippen molar-refractivity contribution in [3.63, 3.8) is 0 Å². The zero-order valence-electron chi connectivity index (χ0n) is 27.0. The van der Waals surface area contributed by atoms with Crippen LogP contribution in [0, 0.1) is 0 Å². The minimum atomic E-state index is -4.81. The van der Waals surface area contributed by atoms with Gasteiger partial charge in [-0.2, -0.15) is 22.0 Å². The molecule has 0 amide bonds. The lowest BCUT2D eigenvalue weighted by Gasteiger charge is -2.08. The largest absolute Gasteiger partial charge is 0.341 e. The standard InChI is InChI=1S/C31H46F2N4O6S4/c1-3-4-5-6-7-8-9-10-11-12-13-14-15-16-23-34-46(40,41)25-17-19-26(20-18-25)47(42,43)36-35-31-37(2)28-24-27(21-22-29(28)44-31)45(38,39)30(32)33/h17-22,24,30,34,36H,3-16,23H2,1-2H3/b35-31+. The molecule has 2 aromatic carbocycles. The second-order valence-corrected chi connectivity index (χ2v) is 17.9. The van der Waals surface area contributed by atoms with Gasteiger partial charge in [-0.15, -0.1) is 5.10 Å². The summed E-state index contributed by atoms with van der Waals surface area (Å²) >= 11 is 1.01. The lowest BCUT2D eigenvalue weighted by atomic mass is 10.0. The van der Waals surface area contributed by atoms with Crippen LogP contribution in [0.15, 0.2) is 62.3 Å². The maximum atomic E-state index is 13.0. The molecule has 0 saturated carbocycles. The van der Waals surface area contributed by atoms with Crippen LogP contribution in [0.2, 0.25) is 0 Å². The summed E-state index contributed by atoms with van der Waals surface area (Å²) in [7, 11) is -11.3. The smallest absolute Gasteiger partial charge is 0.318 e. The molecule has 16 heteroatoms. The maximum absolute atomic E-state index is 13.0. The fraction of sp³-hybridized carbons (Fsp3) is 0.581. The number of fused-ring (bicyclic) bond motifs is 1. The zero-order chi connectivity index (χ0) is 34.5. The molecule has 0 fully saturated rings. The number of hydrogen-bond donors (Lipinski definition) is 2. The van der Waals surface area contributed by atoms with E-state index in [1.807, 2.05) is 0 Å². The van der Waals surface area contributed by atoms with Crippen molar-refractivity contribution >= 4 is 51.4 Å². The summed E-state index contributed by atoms with van der Waals surface area (Å²) in [6, 6.07) is 8.19. The summed E-state index contributed by atoms with van der Waals surface area (Å²) in [5, 5.41) is 3.91. The van der Waals surface area contributed by atoms with E-state index in [2.05, 4.69) is 21.6 Å². The van der Waals surface area contributed by atoms with Gasteiger partial charge in [0.05, 0.1) is 24.9 Å². The third kappa shape index (κ3) is 11.6. The molecule has 47 heavy (non-hydrogen) atoms. The number of nitrogens with one attached hydrogen (secondary N) is 2. The lowest BCUT2D eigenvalue weighted by Crippen LogP contribution is -2.25. The van der Waals surface area contributed by atoms with Crippen molar-refractivity contribution in [1.29, 1.82) is 0 Å². The Morgan fingerprint density at radius 2 is 1.17 bits per heavy atom. The Balaban J connectivity index is 1.45. The van der Waals surface area contributed by atoms with Crippen molar-refractivity contribution in [2.24, 2.45) is 12.1 Å². The molecule has 0 aliphatic rings. The predicted octanol–water partition coefficient (Wildman–Crippen LogP) is 6.79. The maximum Gasteiger partial charge on any atom is 0.341 e. The number of sulfonamides is 2. The van der Waals surface area contributed by atoms with Gasteiger partial charge >= 0.3 is 5.76 Å². The van der Waals surface area contributed by atoms with Gasteiger partial charge in [-0.25, -0.2) is 21.6 Å². The molecule has 0 saturated heterocycles. The van der Waals surface area contributed by atoms with Crippen LogP contribution < -0.4 is 14.4 Å². The van der Waals surface area contributed by atoms with E-state index >= 15 is 0 Å².